The van der Waals surface area contributed by atoms with Crippen molar-refractivity contribution in [3.8, 4) is 0 Å². The molecule has 0 spiro atoms. The first-order chi connectivity index (χ1) is 6.92. The highest BCUT2D eigenvalue weighted by Gasteiger charge is 1.97. The summed E-state index contributed by atoms with van der Waals surface area (Å²) in [6.07, 6.45) is 9.58. The zero-order chi connectivity index (χ0) is 9.80. The maximum absolute atomic E-state index is 4.18. The van der Waals surface area contributed by atoms with Crippen molar-refractivity contribution in [2.75, 3.05) is 13.6 Å². The number of fused-ring (bicyclic) bond motifs is 1. The molecule has 2 heterocycles. The predicted octanol–water partition coefficient (Wildman–Crippen LogP) is 0.962. The first-order valence-corrected chi connectivity index (χ1v) is 4.51. The zero-order valence-electron chi connectivity index (χ0n) is 8.01. The second-order valence-corrected chi connectivity index (χ2v) is 2.93. The van der Waals surface area contributed by atoms with Crippen LogP contribution < -0.4 is 5.32 Å². The van der Waals surface area contributed by atoms with E-state index in [1.807, 2.05) is 36.0 Å². The van der Waals surface area contributed by atoms with E-state index >= 15 is 0 Å². The molecule has 0 aromatic carbocycles. The van der Waals surface area contributed by atoms with Gasteiger partial charge in [0.1, 0.15) is 0 Å². The summed E-state index contributed by atoms with van der Waals surface area (Å²) in [5.74, 6) is 0.733. The van der Waals surface area contributed by atoms with Crippen molar-refractivity contribution in [1.29, 1.82) is 0 Å². The second-order valence-electron chi connectivity index (χ2n) is 2.93. The minimum atomic E-state index is 0.733. The first-order valence-electron chi connectivity index (χ1n) is 4.51. The number of aromatic nitrogens is 3. The molecule has 0 unspecified atom stereocenters. The molecule has 0 aliphatic carbocycles. The van der Waals surface area contributed by atoms with Crippen molar-refractivity contribution >= 4 is 11.9 Å². The monoisotopic (exact) mass is 188 g/mol. The summed E-state index contributed by atoms with van der Waals surface area (Å²) in [6.45, 7) is 0.855. The highest BCUT2D eigenvalue weighted by molar-refractivity contribution is 5.49. The molecule has 2 aromatic heterocycles. The summed E-state index contributed by atoms with van der Waals surface area (Å²) in [7, 11) is 1.92. The van der Waals surface area contributed by atoms with Crippen LogP contribution in [0.1, 0.15) is 5.69 Å². The molecule has 0 saturated carbocycles. The Hall–Kier alpha value is -1.68. The van der Waals surface area contributed by atoms with Crippen molar-refractivity contribution in [2.24, 2.45) is 0 Å². The lowest BCUT2D eigenvalue weighted by molar-refractivity contribution is 0.922. The van der Waals surface area contributed by atoms with E-state index in [1.54, 1.807) is 6.20 Å². The minimum absolute atomic E-state index is 0.733. The third-order valence-corrected chi connectivity index (χ3v) is 1.93. The summed E-state index contributed by atoms with van der Waals surface area (Å²) in [4.78, 5) is 8.31. The Bertz CT molecular complexity index is 444. The van der Waals surface area contributed by atoms with E-state index in [0.29, 0.717) is 0 Å². The molecule has 72 valence electrons. The van der Waals surface area contributed by atoms with Gasteiger partial charge in [0.15, 0.2) is 0 Å². The van der Waals surface area contributed by atoms with Gasteiger partial charge in [-0.3, -0.25) is 4.40 Å². The Labute approximate surface area is 82.3 Å². The third kappa shape index (κ3) is 1.65. The molecular formula is C10H12N4. The highest BCUT2D eigenvalue weighted by Crippen LogP contribution is 2.04. The van der Waals surface area contributed by atoms with Gasteiger partial charge in [-0.25, -0.2) is 9.97 Å². The Kier molecular flexibility index (Phi) is 2.55. The zero-order valence-corrected chi connectivity index (χ0v) is 8.01. The standard InChI is InChI=1S/C10H12N4/c1-11-5-2-4-9-8-13-10-12-6-3-7-14(9)10/h2-4,6-8,11H,5H2,1H3. The fourth-order valence-corrected chi connectivity index (χ4v) is 1.27. The predicted molar refractivity (Wildman–Crippen MR) is 55.9 cm³/mol. The lowest BCUT2D eigenvalue weighted by atomic mass is 10.4. The SMILES string of the molecule is CNCC=Cc1cnc2ncccn12. The summed E-state index contributed by atoms with van der Waals surface area (Å²) in [5, 5.41) is 3.05. The van der Waals surface area contributed by atoms with Gasteiger partial charge in [0.05, 0.1) is 11.9 Å². The van der Waals surface area contributed by atoms with Crippen molar-refractivity contribution in [2.45, 2.75) is 0 Å². The Balaban J connectivity index is 2.34. The van der Waals surface area contributed by atoms with E-state index in [4.69, 9.17) is 0 Å². The number of hydrogen-bond acceptors (Lipinski definition) is 3. The van der Waals surface area contributed by atoms with E-state index in [-0.39, 0.29) is 0 Å². The molecule has 0 aliphatic heterocycles. The molecule has 14 heavy (non-hydrogen) atoms. The molecule has 0 bridgehead atoms. The fraction of sp³-hybridized carbons (Fsp3) is 0.200. The Morgan fingerprint density at radius 2 is 2.43 bits per heavy atom. The Morgan fingerprint density at radius 3 is 3.29 bits per heavy atom. The lowest BCUT2D eigenvalue weighted by Crippen LogP contribution is -2.03. The van der Waals surface area contributed by atoms with E-state index < -0.39 is 0 Å². The molecule has 0 aliphatic rings. The first kappa shape index (κ1) is 8.90. The van der Waals surface area contributed by atoms with E-state index in [1.165, 1.54) is 0 Å². The number of nitrogens with one attached hydrogen (secondary N) is 1. The van der Waals surface area contributed by atoms with Crippen molar-refractivity contribution in [3.05, 3.63) is 36.4 Å². The largest absolute Gasteiger partial charge is 0.316 e. The summed E-state index contributed by atoms with van der Waals surface area (Å²) in [6, 6.07) is 1.89. The summed E-state index contributed by atoms with van der Waals surface area (Å²) < 4.78 is 1.95. The lowest BCUT2D eigenvalue weighted by Gasteiger charge is -1.94. The number of nitrogens with zero attached hydrogens (tertiary/aromatic N) is 3. The molecule has 0 atom stereocenters. The van der Waals surface area contributed by atoms with Crippen LogP contribution in [-0.2, 0) is 0 Å². The van der Waals surface area contributed by atoms with Crippen LogP contribution in [0.5, 0.6) is 0 Å². The second kappa shape index (κ2) is 4.02. The maximum atomic E-state index is 4.18. The minimum Gasteiger partial charge on any atom is -0.316 e. The number of imidazole rings is 1. The van der Waals surface area contributed by atoms with Crippen LogP contribution >= 0.6 is 0 Å². The van der Waals surface area contributed by atoms with Crippen LogP contribution in [0, 0.1) is 0 Å². The molecule has 1 N–H and O–H groups in total. The van der Waals surface area contributed by atoms with Gasteiger partial charge in [0.2, 0.25) is 5.78 Å². The van der Waals surface area contributed by atoms with Crippen LogP contribution in [0.25, 0.3) is 11.9 Å². The molecule has 2 aromatic rings. The van der Waals surface area contributed by atoms with Gasteiger partial charge in [0, 0.05) is 18.9 Å². The van der Waals surface area contributed by atoms with Crippen molar-refractivity contribution in [3.63, 3.8) is 0 Å². The van der Waals surface area contributed by atoms with Gasteiger partial charge < -0.3 is 5.32 Å². The molecule has 0 saturated heterocycles. The van der Waals surface area contributed by atoms with Crippen LogP contribution in [-0.4, -0.2) is 28.0 Å². The number of likely N-dealkylation sites (N-methyl/N-ethyl adjacent to an activating group) is 1. The average Bonchev–Trinajstić information content (AvgIpc) is 2.63. The van der Waals surface area contributed by atoms with E-state index in [2.05, 4.69) is 21.4 Å². The van der Waals surface area contributed by atoms with Gasteiger partial charge in [-0.05, 0) is 19.2 Å². The number of hydrogen-bond donors (Lipinski definition) is 1. The third-order valence-electron chi connectivity index (χ3n) is 1.93. The molecule has 0 amide bonds. The van der Waals surface area contributed by atoms with Gasteiger partial charge in [-0.2, -0.15) is 0 Å². The van der Waals surface area contributed by atoms with Gasteiger partial charge in [-0.15, -0.1) is 0 Å². The summed E-state index contributed by atoms with van der Waals surface area (Å²) >= 11 is 0. The molecule has 4 nitrogen and oxygen atoms in total. The molecule has 2 rings (SSSR count). The summed E-state index contributed by atoms with van der Waals surface area (Å²) in [5.41, 5.74) is 1.04. The number of rotatable bonds is 3. The fourth-order valence-electron chi connectivity index (χ4n) is 1.27. The smallest absolute Gasteiger partial charge is 0.234 e. The molecule has 0 radical (unpaired) electrons. The Morgan fingerprint density at radius 1 is 1.50 bits per heavy atom. The quantitative estimate of drug-likeness (QED) is 0.780. The van der Waals surface area contributed by atoms with E-state index in [9.17, 15) is 0 Å². The normalized spacial score (nSPS) is 11.5. The topological polar surface area (TPSA) is 42.2 Å². The molecule has 0 fully saturated rings. The van der Waals surface area contributed by atoms with E-state index in [0.717, 1.165) is 18.0 Å². The van der Waals surface area contributed by atoms with Gasteiger partial charge >= 0.3 is 0 Å². The van der Waals surface area contributed by atoms with Crippen LogP contribution in [0.3, 0.4) is 0 Å². The van der Waals surface area contributed by atoms with Crippen molar-refractivity contribution < 1.29 is 0 Å². The van der Waals surface area contributed by atoms with Crippen molar-refractivity contribution in [1.82, 2.24) is 19.7 Å². The van der Waals surface area contributed by atoms with Gasteiger partial charge in [0.25, 0.3) is 0 Å². The maximum Gasteiger partial charge on any atom is 0.234 e. The van der Waals surface area contributed by atoms with Crippen LogP contribution in [0.15, 0.2) is 30.7 Å². The van der Waals surface area contributed by atoms with Crippen LogP contribution in [0.4, 0.5) is 0 Å². The average molecular weight is 188 g/mol. The molecule has 4 heteroatoms. The van der Waals surface area contributed by atoms with Crippen LogP contribution in [0.2, 0.25) is 0 Å². The van der Waals surface area contributed by atoms with Gasteiger partial charge in [-0.1, -0.05) is 6.08 Å². The molecular weight excluding hydrogens is 176 g/mol. The highest BCUT2D eigenvalue weighted by atomic mass is 15.1.